The van der Waals surface area contributed by atoms with Gasteiger partial charge in [-0.05, 0) is 53.4 Å². The Labute approximate surface area is 134 Å². The molecule has 0 bridgehead atoms. The minimum absolute atomic E-state index is 0.186. The number of nitrogens with zero attached hydrogens (tertiary/aromatic N) is 1. The van der Waals surface area contributed by atoms with Crippen LogP contribution in [0.4, 0.5) is 0 Å². The molecule has 0 fully saturated rings. The lowest BCUT2D eigenvalue weighted by Crippen LogP contribution is -2.30. The number of amides is 1. The van der Waals surface area contributed by atoms with Gasteiger partial charge in [-0.1, -0.05) is 6.07 Å². The number of carbonyl (C=O) groups excluding carboxylic acids is 1. The minimum atomic E-state index is 0.186. The van der Waals surface area contributed by atoms with Crippen LogP contribution in [0.3, 0.4) is 0 Å². The number of fused-ring (bicyclic) bond motifs is 1. The Morgan fingerprint density at radius 3 is 2.86 bits per heavy atom. The lowest BCUT2D eigenvalue weighted by atomic mass is 10.1. The molecule has 1 aromatic heterocycles. The van der Waals surface area contributed by atoms with Gasteiger partial charge in [0.1, 0.15) is 0 Å². The summed E-state index contributed by atoms with van der Waals surface area (Å²) in [5.74, 6) is 1.72. The number of thiophene rings is 1. The van der Waals surface area contributed by atoms with Crippen LogP contribution >= 0.6 is 11.3 Å². The van der Waals surface area contributed by atoms with Gasteiger partial charge >= 0.3 is 0 Å². The van der Waals surface area contributed by atoms with E-state index in [1.807, 2.05) is 35.4 Å². The summed E-state index contributed by atoms with van der Waals surface area (Å²) < 4.78 is 10.7. The molecule has 0 spiro atoms. The van der Waals surface area contributed by atoms with Gasteiger partial charge in [-0.3, -0.25) is 4.79 Å². The Morgan fingerprint density at radius 2 is 2.09 bits per heavy atom. The van der Waals surface area contributed by atoms with Gasteiger partial charge in [-0.15, -0.1) is 0 Å². The van der Waals surface area contributed by atoms with Crippen LogP contribution in [0.15, 0.2) is 35.0 Å². The van der Waals surface area contributed by atoms with Crippen LogP contribution in [0, 0.1) is 0 Å². The van der Waals surface area contributed by atoms with Gasteiger partial charge in [0.2, 0.25) is 12.7 Å². The molecular weight excluding hydrogens is 298 g/mol. The first-order valence-corrected chi connectivity index (χ1v) is 8.38. The van der Waals surface area contributed by atoms with Crippen molar-refractivity contribution in [3.63, 3.8) is 0 Å². The molecular formula is C17H19NO3S. The smallest absolute Gasteiger partial charge is 0.231 e. The van der Waals surface area contributed by atoms with Crippen molar-refractivity contribution in [1.82, 2.24) is 4.90 Å². The van der Waals surface area contributed by atoms with Crippen LogP contribution in [0.1, 0.15) is 24.5 Å². The monoisotopic (exact) mass is 317 g/mol. The Kier molecular flexibility index (Phi) is 4.63. The van der Waals surface area contributed by atoms with Gasteiger partial charge in [0.15, 0.2) is 11.5 Å². The van der Waals surface area contributed by atoms with E-state index < -0.39 is 0 Å². The van der Waals surface area contributed by atoms with Crippen molar-refractivity contribution in [2.45, 2.75) is 26.3 Å². The Balaban J connectivity index is 1.60. The van der Waals surface area contributed by atoms with Crippen LogP contribution in [0.5, 0.6) is 11.5 Å². The van der Waals surface area contributed by atoms with Crippen LogP contribution in [0.25, 0.3) is 0 Å². The predicted octanol–water partition coefficient (Wildman–Crippen LogP) is 3.46. The van der Waals surface area contributed by atoms with E-state index in [0.717, 1.165) is 23.5 Å². The lowest BCUT2D eigenvalue weighted by Gasteiger charge is -2.21. The average Bonchev–Trinajstić information content (AvgIpc) is 3.20. The number of rotatable bonds is 6. The molecule has 116 valence electrons. The maximum absolute atomic E-state index is 12.4. The highest BCUT2D eigenvalue weighted by molar-refractivity contribution is 7.07. The first-order valence-electron chi connectivity index (χ1n) is 7.43. The zero-order chi connectivity index (χ0) is 15.4. The summed E-state index contributed by atoms with van der Waals surface area (Å²) in [5, 5.41) is 4.14. The van der Waals surface area contributed by atoms with Gasteiger partial charge in [-0.25, -0.2) is 0 Å². The van der Waals surface area contributed by atoms with E-state index in [1.54, 1.807) is 11.3 Å². The summed E-state index contributed by atoms with van der Waals surface area (Å²) >= 11 is 1.67. The summed E-state index contributed by atoms with van der Waals surface area (Å²) in [7, 11) is 0. The van der Waals surface area contributed by atoms with Crippen molar-refractivity contribution < 1.29 is 14.3 Å². The van der Waals surface area contributed by atoms with Crippen LogP contribution in [0.2, 0.25) is 0 Å². The SMILES string of the molecule is CCN(Cc1ccc2c(c1)OCO2)C(=O)CCc1ccsc1. The maximum Gasteiger partial charge on any atom is 0.231 e. The molecule has 1 aromatic carbocycles. The molecule has 0 aliphatic carbocycles. The van der Waals surface area contributed by atoms with Crippen molar-refractivity contribution in [3.8, 4) is 11.5 Å². The summed E-state index contributed by atoms with van der Waals surface area (Å²) in [6, 6.07) is 7.92. The number of hydrogen-bond donors (Lipinski definition) is 0. The zero-order valence-electron chi connectivity index (χ0n) is 12.6. The molecule has 0 N–H and O–H groups in total. The molecule has 1 aliphatic heterocycles. The fourth-order valence-corrected chi connectivity index (χ4v) is 3.18. The fourth-order valence-electron chi connectivity index (χ4n) is 2.48. The number of ether oxygens (including phenoxy) is 2. The molecule has 1 amide bonds. The van der Waals surface area contributed by atoms with Crippen molar-refractivity contribution in [2.75, 3.05) is 13.3 Å². The molecule has 0 atom stereocenters. The van der Waals surface area contributed by atoms with Crippen molar-refractivity contribution in [3.05, 3.63) is 46.2 Å². The molecule has 2 aromatic rings. The van der Waals surface area contributed by atoms with Crippen molar-refractivity contribution in [1.29, 1.82) is 0 Å². The molecule has 5 heteroatoms. The number of hydrogen-bond acceptors (Lipinski definition) is 4. The third-order valence-corrected chi connectivity index (χ3v) is 4.48. The predicted molar refractivity (Wildman–Crippen MR) is 86.3 cm³/mol. The third kappa shape index (κ3) is 3.42. The van der Waals surface area contributed by atoms with Gasteiger partial charge in [0.05, 0.1) is 0 Å². The Bertz CT molecular complexity index is 639. The number of aryl methyl sites for hydroxylation is 1. The minimum Gasteiger partial charge on any atom is -0.454 e. The highest BCUT2D eigenvalue weighted by atomic mass is 32.1. The Hall–Kier alpha value is -2.01. The topological polar surface area (TPSA) is 38.8 Å². The largest absolute Gasteiger partial charge is 0.454 e. The highest BCUT2D eigenvalue weighted by Crippen LogP contribution is 2.32. The van der Waals surface area contributed by atoms with Gasteiger partial charge in [0.25, 0.3) is 0 Å². The number of carbonyl (C=O) groups is 1. The summed E-state index contributed by atoms with van der Waals surface area (Å²) in [6.45, 7) is 3.60. The first kappa shape index (κ1) is 14.9. The van der Waals surface area contributed by atoms with Gasteiger partial charge < -0.3 is 14.4 Å². The molecule has 1 aliphatic rings. The van der Waals surface area contributed by atoms with E-state index in [4.69, 9.17) is 9.47 Å². The molecule has 0 radical (unpaired) electrons. The Morgan fingerprint density at radius 1 is 1.23 bits per heavy atom. The molecule has 0 saturated carbocycles. The second kappa shape index (κ2) is 6.83. The second-order valence-electron chi connectivity index (χ2n) is 5.23. The van der Waals surface area contributed by atoms with Crippen LogP contribution in [-0.2, 0) is 17.8 Å². The third-order valence-electron chi connectivity index (χ3n) is 3.75. The molecule has 2 heterocycles. The quantitative estimate of drug-likeness (QED) is 0.819. The van der Waals surface area contributed by atoms with E-state index >= 15 is 0 Å². The van der Waals surface area contributed by atoms with E-state index in [2.05, 4.69) is 11.4 Å². The van der Waals surface area contributed by atoms with E-state index in [1.165, 1.54) is 5.56 Å². The molecule has 4 nitrogen and oxygen atoms in total. The van der Waals surface area contributed by atoms with Crippen LogP contribution in [-0.4, -0.2) is 24.1 Å². The summed E-state index contributed by atoms with van der Waals surface area (Å²) in [6.07, 6.45) is 1.36. The van der Waals surface area contributed by atoms with Gasteiger partial charge in [-0.2, -0.15) is 11.3 Å². The first-order chi connectivity index (χ1) is 10.8. The van der Waals surface area contributed by atoms with E-state index in [9.17, 15) is 4.79 Å². The fraction of sp³-hybridized carbons (Fsp3) is 0.353. The summed E-state index contributed by atoms with van der Waals surface area (Å²) in [5.41, 5.74) is 2.30. The molecule has 3 rings (SSSR count). The second-order valence-corrected chi connectivity index (χ2v) is 6.01. The van der Waals surface area contributed by atoms with E-state index in [-0.39, 0.29) is 12.7 Å². The normalized spacial score (nSPS) is 12.4. The van der Waals surface area contributed by atoms with Crippen molar-refractivity contribution in [2.24, 2.45) is 0 Å². The lowest BCUT2D eigenvalue weighted by molar-refractivity contribution is -0.131. The van der Waals surface area contributed by atoms with Crippen molar-refractivity contribution >= 4 is 17.2 Å². The summed E-state index contributed by atoms with van der Waals surface area (Å²) in [4.78, 5) is 14.3. The maximum atomic E-state index is 12.4. The highest BCUT2D eigenvalue weighted by Gasteiger charge is 2.16. The standard InChI is InChI=1S/C17H19NO3S/c1-2-18(17(19)6-4-13-7-8-22-11-13)10-14-3-5-15-16(9-14)21-12-20-15/h3,5,7-9,11H,2,4,6,10,12H2,1H3. The average molecular weight is 317 g/mol. The molecule has 22 heavy (non-hydrogen) atoms. The van der Waals surface area contributed by atoms with Crippen LogP contribution < -0.4 is 9.47 Å². The molecule has 0 unspecified atom stereocenters. The number of benzene rings is 1. The zero-order valence-corrected chi connectivity index (χ0v) is 13.4. The van der Waals surface area contributed by atoms with Gasteiger partial charge in [0, 0.05) is 19.5 Å². The van der Waals surface area contributed by atoms with E-state index in [0.29, 0.717) is 19.5 Å². The molecule has 0 saturated heterocycles.